The van der Waals surface area contributed by atoms with Crippen LogP contribution in [-0.2, 0) is 0 Å². The molecule has 2 aromatic rings. The van der Waals surface area contributed by atoms with Gasteiger partial charge in [-0.15, -0.1) is 0 Å². The Bertz CT molecular complexity index is 726. The first-order valence-electron chi connectivity index (χ1n) is 6.25. The van der Waals surface area contributed by atoms with Gasteiger partial charge in [-0.2, -0.15) is 0 Å². The maximum absolute atomic E-state index is 12.3. The lowest BCUT2D eigenvalue weighted by Crippen LogP contribution is -2.15. The van der Waals surface area contributed by atoms with Crippen molar-refractivity contribution in [3.63, 3.8) is 0 Å². The number of nitrogens with one attached hydrogen (secondary N) is 1. The fourth-order valence-electron chi connectivity index (χ4n) is 1.98. The lowest BCUT2D eigenvalue weighted by Gasteiger charge is -2.09. The minimum atomic E-state index is -0.589. The van der Waals surface area contributed by atoms with Crippen LogP contribution >= 0.6 is 0 Å². The molecule has 6 nitrogen and oxygen atoms in total. The Morgan fingerprint density at radius 3 is 2.52 bits per heavy atom. The van der Waals surface area contributed by atoms with Gasteiger partial charge in [0.15, 0.2) is 0 Å². The molecular weight excluding hydrogens is 272 g/mol. The van der Waals surface area contributed by atoms with E-state index in [9.17, 15) is 20.0 Å². The van der Waals surface area contributed by atoms with E-state index in [1.807, 2.05) is 0 Å². The summed E-state index contributed by atoms with van der Waals surface area (Å²) in [6, 6.07) is 9.12. The number of benzene rings is 2. The van der Waals surface area contributed by atoms with Gasteiger partial charge in [0.25, 0.3) is 11.6 Å². The van der Waals surface area contributed by atoms with Crippen LogP contribution in [0.5, 0.6) is 5.75 Å². The summed E-state index contributed by atoms with van der Waals surface area (Å²) >= 11 is 0. The number of phenolic OH excluding ortho intramolecular Hbond substituents is 1. The van der Waals surface area contributed by atoms with Gasteiger partial charge in [-0.1, -0.05) is 18.2 Å². The third-order valence-electron chi connectivity index (χ3n) is 3.14. The lowest BCUT2D eigenvalue weighted by atomic mass is 10.1. The highest BCUT2D eigenvalue weighted by molar-refractivity contribution is 6.08. The molecule has 0 spiro atoms. The maximum atomic E-state index is 12.3. The Hall–Kier alpha value is -2.89. The van der Waals surface area contributed by atoms with Crippen LogP contribution in [0.4, 0.5) is 11.4 Å². The molecule has 2 N–H and O–H groups in total. The molecule has 0 atom stereocenters. The number of hydrogen-bond donors (Lipinski definition) is 2. The van der Waals surface area contributed by atoms with Gasteiger partial charge >= 0.3 is 0 Å². The van der Waals surface area contributed by atoms with Gasteiger partial charge in [-0.25, -0.2) is 0 Å². The second-order valence-corrected chi connectivity index (χ2v) is 4.68. The van der Waals surface area contributed by atoms with E-state index in [4.69, 9.17) is 0 Å². The number of nitrogens with zero attached hydrogens (tertiary/aromatic N) is 1. The van der Waals surface area contributed by atoms with Crippen LogP contribution in [0.3, 0.4) is 0 Å². The topological polar surface area (TPSA) is 92.5 Å². The Kier molecular flexibility index (Phi) is 3.89. The quantitative estimate of drug-likeness (QED) is 0.669. The van der Waals surface area contributed by atoms with E-state index in [1.165, 1.54) is 18.2 Å². The molecule has 2 rings (SSSR count). The molecule has 0 heterocycles. The average Bonchev–Trinajstić information content (AvgIpc) is 2.42. The highest BCUT2D eigenvalue weighted by Gasteiger charge is 2.22. The molecule has 0 unspecified atom stereocenters. The molecule has 0 fully saturated rings. The van der Waals surface area contributed by atoms with E-state index in [0.29, 0.717) is 16.8 Å². The number of carbonyl (C=O) groups excluding carboxylic acids is 1. The maximum Gasteiger partial charge on any atom is 0.282 e. The zero-order chi connectivity index (χ0) is 15.6. The normalized spacial score (nSPS) is 10.2. The van der Waals surface area contributed by atoms with Gasteiger partial charge in [0.2, 0.25) is 0 Å². The number of nitro groups is 1. The summed E-state index contributed by atoms with van der Waals surface area (Å²) in [5.74, 6) is -0.532. The molecular formula is C15H14N2O4. The summed E-state index contributed by atoms with van der Waals surface area (Å²) in [5.41, 5.74) is 1.33. The van der Waals surface area contributed by atoms with Crippen LogP contribution in [0.1, 0.15) is 21.5 Å². The number of amides is 1. The Morgan fingerprint density at radius 2 is 1.90 bits per heavy atom. The smallest absolute Gasteiger partial charge is 0.282 e. The molecule has 0 saturated heterocycles. The van der Waals surface area contributed by atoms with Crippen molar-refractivity contribution in [3.05, 3.63) is 63.2 Å². The van der Waals surface area contributed by atoms with Crippen molar-refractivity contribution < 1.29 is 14.8 Å². The zero-order valence-electron chi connectivity index (χ0n) is 11.6. The van der Waals surface area contributed by atoms with Crippen molar-refractivity contribution in [2.75, 3.05) is 5.32 Å². The first kappa shape index (κ1) is 14.5. The van der Waals surface area contributed by atoms with Crippen LogP contribution in [0.2, 0.25) is 0 Å². The highest BCUT2D eigenvalue weighted by Crippen LogP contribution is 2.25. The minimum absolute atomic E-state index is 0.0163. The van der Waals surface area contributed by atoms with Crippen molar-refractivity contribution in [1.82, 2.24) is 0 Å². The van der Waals surface area contributed by atoms with E-state index in [2.05, 4.69) is 5.32 Å². The number of nitro benzene ring substituents is 1. The van der Waals surface area contributed by atoms with E-state index in [1.54, 1.807) is 32.0 Å². The number of aryl methyl sites for hydroxylation is 2. The van der Waals surface area contributed by atoms with Crippen LogP contribution in [0.15, 0.2) is 36.4 Å². The first-order chi connectivity index (χ1) is 9.90. The predicted molar refractivity (Wildman–Crippen MR) is 78.6 cm³/mol. The van der Waals surface area contributed by atoms with E-state index < -0.39 is 10.8 Å². The Balaban J connectivity index is 2.36. The number of aromatic hydroxyl groups is 1. The van der Waals surface area contributed by atoms with Crippen LogP contribution < -0.4 is 5.32 Å². The molecule has 6 heteroatoms. The summed E-state index contributed by atoms with van der Waals surface area (Å²) in [4.78, 5) is 22.7. The molecule has 0 radical (unpaired) electrons. The van der Waals surface area contributed by atoms with Gasteiger partial charge in [-0.05, 0) is 31.0 Å². The summed E-state index contributed by atoms with van der Waals surface area (Å²) in [6.07, 6.45) is 0. The van der Waals surface area contributed by atoms with Crippen LogP contribution in [-0.4, -0.2) is 15.9 Å². The van der Waals surface area contributed by atoms with Gasteiger partial charge in [0.1, 0.15) is 11.3 Å². The van der Waals surface area contributed by atoms with Gasteiger partial charge in [0, 0.05) is 17.8 Å². The molecule has 0 aliphatic rings. The van der Waals surface area contributed by atoms with Gasteiger partial charge < -0.3 is 10.4 Å². The summed E-state index contributed by atoms with van der Waals surface area (Å²) in [5, 5.41) is 23.2. The van der Waals surface area contributed by atoms with Crippen molar-refractivity contribution in [1.29, 1.82) is 0 Å². The van der Waals surface area contributed by atoms with Crippen molar-refractivity contribution in [3.8, 4) is 5.75 Å². The fourth-order valence-corrected chi connectivity index (χ4v) is 1.98. The number of hydrogen-bond acceptors (Lipinski definition) is 4. The second-order valence-electron chi connectivity index (χ2n) is 4.68. The summed E-state index contributed by atoms with van der Waals surface area (Å²) in [6.45, 7) is 3.36. The van der Waals surface area contributed by atoms with Gasteiger partial charge in [0.05, 0.1) is 4.92 Å². The van der Waals surface area contributed by atoms with Crippen LogP contribution in [0, 0.1) is 24.0 Å². The van der Waals surface area contributed by atoms with E-state index >= 15 is 0 Å². The van der Waals surface area contributed by atoms with Crippen molar-refractivity contribution in [2.45, 2.75) is 13.8 Å². The number of phenols is 1. The standard InChI is InChI=1S/C15H14N2O4/c1-9-6-7-11(8-13(9)18)16-15(19)14-10(2)4-3-5-12(14)17(20)21/h3-8,18H,1-2H3,(H,16,19). The summed E-state index contributed by atoms with van der Waals surface area (Å²) in [7, 11) is 0. The zero-order valence-corrected chi connectivity index (χ0v) is 11.6. The highest BCUT2D eigenvalue weighted by atomic mass is 16.6. The molecule has 108 valence electrons. The number of rotatable bonds is 3. The van der Waals surface area contributed by atoms with Gasteiger partial charge in [-0.3, -0.25) is 14.9 Å². The average molecular weight is 286 g/mol. The van der Waals surface area contributed by atoms with Crippen molar-refractivity contribution >= 4 is 17.3 Å². The third kappa shape index (κ3) is 3.00. The number of anilines is 1. The fraction of sp³-hybridized carbons (Fsp3) is 0.133. The SMILES string of the molecule is Cc1ccc(NC(=O)c2c(C)cccc2[N+](=O)[O-])cc1O. The molecule has 0 aromatic heterocycles. The second kappa shape index (κ2) is 5.62. The molecule has 2 aromatic carbocycles. The first-order valence-corrected chi connectivity index (χ1v) is 6.25. The molecule has 0 saturated carbocycles. The van der Waals surface area contributed by atoms with E-state index in [-0.39, 0.29) is 17.0 Å². The number of carbonyl (C=O) groups is 1. The molecule has 0 aliphatic heterocycles. The predicted octanol–water partition coefficient (Wildman–Crippen LogP) is 3.17. The lowest BCUT2D eigenvalue weighted by molar-refractivity contribution is -0.385. The monoisotopic (exact) mass is 286 g/mol. The molecule has 1 amide bonds. The molecule has 0 aliphatic carbocycles. The Morgan fingerprint density at radius 1 is 1.19 bits per heavy atom. The third-order valence-corrected chi connectivity index (χ3v) is 3.14. The summed E-state index contributed by atoms with van der Waals surface area (Å²) < 4.78 is 0. The molecule has 0 bridgehead atoms. The Labute approximate surface area is 121 Å². The van der Waals surface area contributed by atoms with Crippen LogP contribution in [0.25, 0.3) is 0 Å². The minimum Gasteiger partial charge on any atom is -0.508 e. The molecule has 21 heavy (non-hydrogen) atoms. The van der Waals surface area contributed by atoms with Crippen molar-refractivity contribution in [2.24, 2.45) is 0 Å². The largest absolute Gasteiger partial charge is 0.508 e. The van der Waals surface area contributed by atoms with E-state index in [0.717, 1.165) is 0 Å².